The molecule has 0 aliphatic rings. The molecule has 0 aliphatic heterocycles. The zero-order chi connectivity index (χ0) is 9.97. The lowest BCUT2D eigenvalue weighted by Crippen LogP contribution is -1.91. The minimum atomic E-state index is 0.564. The van der Waals surface area contributed by atoms with Crippen LogP contribution in [0.2, 0.25) is 0 Å². The summed E-state index contributed by atoms with van der Waals surface area (Å²) in [5, 5.41) is 0. The Morgan fingerprint density at radius 2 is 2.00 bits per heavy atom. The number of nitrogens with zero attached hydrogens (tertiary/aromatic N) is 1. The molecule has 0 saturated heterocycles. The van der Waals surface area contributed by atoms with E-state index in [0.29, 0.717) is 6.54 Å². The van der Waals surface area contributed by atoms with Gasteiger partial charge in [-0.3, -0.25) is 0 Å². The molecular weight excluding hydrogens is 260 g/mol. The predicted molar refractivity (Wildman–Crippen MR) is 63.1 cm³/mol. The highest BCUT2D eigenvalue weighted by atomic mass is 79.9. The number of hydrogen-bond acceptors (Lipinski definition) is 3. The summed E-state index contributed by atoms with van der Waals surface area (Å²) in [7, 11) is 0. The smallest absolute Gasteiger partial charge is 0.0844 e. The summed E-state index contributed by atoms with van der Waals surface area (Å²) in [5.41, 5.74) is 7.66. The fourth-order valence-electron chi connectivity index (χ4n) is 1.17. The van der Waals surface area contributed by atoms with Gasteiger partial charge in [-0.2, -0.15) is 4.37 Å². The van der Waals surface area contributed by atoms with E-state index < -0.39 is 0 Å². The van der Waals surface area contributed by atoms with Crippen molar-refractivity contribution in [3.63, 3.8) is 0 Å². The lowest BCUT2D eigenvalue weighted by atomic mass is 10.1. The third-order valence-electron chi connectivity index (χ3n) is 1.90. The van der Waals surface area contributed by atoms with Gasteiger partial charge in [0.15, 0.2) is 0 Å². The Balaban J connectivity index is 2.34. The van der Waals surface area contributed by atoms with E-state index in [9.17, 15) is 0 Å². The maximum absolute atomic E-state index is 5.53. The van der Waals surface area contributed by atoms with Gasteiger partial charge in [0.05, 0.1) is 5.69 Å². The van der Waals surface area contributed by atoms with Gasteiger partial charge < -0.3 is 5.73 Å². The number of nitrogens with two attached hydrogens (primary N) is 1. The van der Waals surface area contributed by atoms with Crippen LogP contribution in [0.15, 0.2) is 34.8 Å². The first-order valence-electron chi connectivity index (χ1n) is 4.21. The minimum absolute atomic E-state index is 0.564. The third-order valence-corrected chi connectivity index (χ3v) is 3.24. The van der Waals surface area contributed by atoms with Crippen LogP contribution >= 0.6 is 27.5 Å². The number of hydrogen-bond donors (Lipinski definition) is 1. The molecule has 2 rings (SSSR count). The zero-order valence-electron chi connectivity index (χ0n) is 7.40. The van der Waals surface area contributed by atoms with Gasteiger partial charge >= 0.3 is 0 Å². The van der Waals surface area contributed by atoms with Crippen LogP contribution in [0.25, 0.3) is 11.3 Å². The molecule has 0 atom stereocenters. The Hall–Kier alpha value is -0.710. The summed E-state index contributed by atoms with van der Waals surface area (Å²) in [6, 6.07) is 10.1. The van der Waals surface area contributed by atoms with Crippen LogP contribution in [0.4, 0.5) is 0 Å². The Morgan fingerprint density at radius 1 is 1.29 bits per heavy atom. The zero-order valence-corrected chi connectivity index (χ0v) is 9.81. The van der Waals surface area contributed by atoms with Gasteiger partial charge in [-0.1, -0.05) is 28.1 Å². The Morgan fingerprint density at radius 3 is 2.57 bits per heavy atom. The van der Waals surface area contributed by atoms with E-state index >= 15 is 0 Å². The highest BCUT2D eigenvalue weighted by Gasteiger charge is 2.02. The number of benzene rings is 1. The van der Waals surface area contributed by atoms with Gasteiger partial charge in [0, 0.05) is 21.5 Å². The van der Waals surface area contributed by atoms with Crippen LogP contribution in [0, 0.1) is 0 Å². The molecular formula is C10H9BrN2S. The largest absolute Gasteiger partial charge is 0.326 e. The molecule has 2 N–H and O–H groups in total. The molecule has 1 aromatic heterocycles. The van der Waals surface area contributed by atoms with Crippen molar-refractivity contribution in [2.45, 2.75) is 6.54 Å². The van der Waals surface area contributed by atoms with E-state index in [1.807, 2.05) is 30.3 Å². The highest BCUT2D eigenvalue weighted by Crippen LogP contribution is 2.23. The normalized spacial score (nSPS) is 10.4. The Bertz CT molecular complexity index is 422. The van der Waals surface area contributed by atoms with Crippen LogP contribution < -0.4 is 5.73 Å². The molecule has 72 valence electrons. The van der Waals surface area contributed by atoms with E-state index in [-0.39, 0.29) is 0 Å². The lowest BCUT2D eigenvalue weighted by Gasteiger charge is -1.95. The van der Waals surface area contributed by atoms with Crippen molar-refractivity contribution < 1.29 is 0 Å². The van der Waals surface area contributed by atoms with E-state index in [0.717, 1.165) is 20.6 Å². The molecule has 0 unspecified atom stereocenters. The summed E-state index contributed by atoms with van der Waals surface area (Å²) < 4.78 is 5.41. The average molecular weight is 269 g/mol. The van der Waals surface area contributed by atoms with Crippen LogP contribution in [0.1, 0.15) is 4.88 Å². The van der Waals surface area contributed by atoms with Crippen molar-refractivity contribution in [3.05, 3.63) is 39.7 Å². The van der Waals surface area contributed by atoms with E-state index in [1.165, 1.54) is 11.5 Å². The third kappa shape index (κ3) is 2.03. The average Bonchev–Trinajstić information content (AvgIpc) is 2.67. The first-order chi connectivity index (χ1) is 6.79. The first kappa shape index (κ1) is 9.83. The van der Waals surface area contributed by atoms with Crippen LogP contribution in [-0.2, 0) is 6.54 Å². The van der Waals surface area contributed by atoms with E-state index in [2.05, 4.69) is 20.3 Å². The maximum Gasteiger partial charge on any atom is 0.0844 e. The summed E-state index contributed by atoms with van der Waals surface area (Å²) >= 11 is 4.86. The topological polar surface area (TPSA) is 38.9 Å². The van der Waals surface area contributed by atoms with Gasteiger partial charge in [-0.05, 0) is 29.7 Å². The monoisotopic (exact) mass is 268 g/mol. The van der Waals surface area contributed by atoms with Crippen molar-refractivity contribution in [1.29, 1.82) is 0 Å². The van der Waals surface area contributed by atoms with Crippen molar-refractivity contribution in [2.24, 2.45) is 5.73 Å². The number of rotatable bonds is 2. The predicted octanol–water partition coefficient (Wildman–Crippen LogP) is 3.03. The second-order valence-electron chi connectivity index (χ2n) is 2.89. The highest BCUT2D eigenvalue weighted by molar-refractivity contribution is 9.10. The molecule has 1 aromatic carbocycles. The second kappa shape index (κ2) is 4.21. The molecule has 0 aliphatic carbocycles. The van der Waals surface area contributed by atoms with Crippen LogP contribution in [-0.4, -0.2) is 4.37 Å². The van der Waals surface area contributed by atoms with E-state index in [4.69, 9.17) is 5.73 Å². The standard InChI is InChI=1S/C10H9BrN2S/c11-8-3-1-7(2-4-8)10-5-9(6-12)14-13-10/h1-5H,6,12H2. The fraction of sp³-hybridized carbons (Fsp3) is 0.100. The van der Waals surface area contributed by atoms with Gasteiger partial charge in [0.1, 0.15) is 0 Å². The summed E-state index contributed by atoms with van der Waals surface area (Å²) in [5.74, 6) is 0. The molecule has 0 amide bonds. The fourth-order valence-corrected chi connectivity index (χ4v) is 2.04. The first-order valence-corrected chi connectivity index (χ1v) is 5.78. The lowest BCUT2D eigenvalue weighted by molar-refractivity contribution is 1.11. The second-order valence-corrected chi connectivity index (χ2v) is 4.69. The molecule has 1 heterocycles. The van der Waals surface area contributed by atoms with Crippen LogP contribution in [0.3, 0.4) is 0 Å². The van der Waals surface area contributed by atoms with Crippen molar-refractivity contribution in [1.82, 2.24) is 4.37 Å². The van der Waals surface area contributed by atoms with Gasteiger partial charge in [-0.25, -0.2) is 0 Å². The Kier molecular flexibility index (Phi) is 2.96. The summed E-state index contributed by atoms with van der Waals surface area (Å²) in [6.45, 7) is 0.564. The van der Waals surface area contributed by atoms with Crippen molar-refractivity contribution >= 4 is 27.5 Å². The molecule has 2 aromatic rings. The molecule has 0 spiro atoms. The molecule has 4 heteroatoms. The van der Waals surface area contributed by atoms with Gasteiger partial charge in [0.25, 0.3) is 0 Å². The molecule has 0 saturated carbocycles. The maximum atomic E-state index is 5.53. The quantitative estimate of drug-likeness (QED) is 0.910. The minimum Gasteiger partial charge on any atom is -0.326 e. The molecule has 0 radical (unpaired) electrons. The SMILES string of the molecule is NCc1cc(-c2ccc(Br)cc2)ns1. The van der Waals surface area contributed by atoms with E-state index in [1.54, 1.807) is 0 Å². The summed E-state index contributed by atoms with van der Waals surface area (Å²) in [6.07, 6.45) is 0. The molecule has 14 heavy (non-hydrogen) atoms. The molecule has 0 bridgehead atoms. The van der Waals surface area contributed by atoms with Crippen LogP contribution in [0.5, 0.6) is 0 Å². The van der Waals surface area contributed by atoms with Crippen molar-refractivity contribution in [3.8, 4) is 11.3 Å². The number of halogens is 1. The van der Waals surface area contributed by atoms with Gasteiger partial charge in [-0.15, -0.1) is 0 Å². The van der Waals surface area contributed by atoms with Gasteiger partial charge in [0.2, 0.25) is 0 Å². The molecule has 0 fully saturated rings. The number of aromatic nitrogens is 1. The summed E-state index contributed by atoms with van der Waals surface area (Å²) in [4.78, 5) is 1.11. The Labute approximate surface area is 95.1 Å². The van der Waals surface area contributed by atoms with Crippen molar-refractivity contribution in [2.75, 3.05) is 0 Å². The molecule has 2 nitrogen and oxygen atoms in total.